The lowest BCUT2D eigenvalue weighted by Gasteiger charge is -2.32. The highest BCUT2D eigenvalue weighted by atomic mass is 32.1. The van der Waals surface area contributed by atoms with Crippen molar-refractivity contribution in [3.05, 3.63) is 34.2 Å². The van der Waals surface area contributed by atoms with Crippen LogP contribution in [0.15, 0.2) is 24.4 Å². The SMILES string of the molecule is Cc1ccc(CN2CCCC(Nc3nccc(N(C)C)n3)C2)s1. The van der Waals surface area contributed by atoms with Crippen molar-refractivity contribution in [3.63, 3.8) is 0 Å². The molecule has 0 saturated carbocycles. The molecule has 3 rings (SSSR count). The maximum Gasteiger partial charge on any atom is 0.224 e. The zero-order valence-electron chi connectivity index (χ0n) is 14.1. The summed E-state index contributed by atoms with van der Waals surface area (Å²) in [6, 6.07) is 6.81. The van der Waals surface area contributed by atoms with Gasteiger partial charge in [-0.3, -0.25) is 4.90 Å². The van der Waals surface area contributed by atoms with Gasteiger partial charge in [-0.1, -0.05) is 0 Å². The molecule has 1 aliphatic heterocycles. The molecular formula is C17H25N5S. The Morgan fingerprint density at radius 2 is 2.22 bits per heavy atom. The standard InChI is InChI=1S/C17H25N5S/c1-13-6-7-15(23-13)12-22-10-4-5-14(11-22)19-17-18-9-8-16(20-17)21(2)3/h6-9,14H,4-5,10-12H2,1-3H3,(H,18,19,20). The number of piperidine rings is 1. The molecule has 2 aromatic heterocycles. The van der Waals surface area contributed by atoms with E-state index in [4.69, 9.17) is 0 Å². The Morgan fingerprint density at radius 1 is 1.35 bits per heavy atom. The minimum atomic E-state index is 0.419. The van der Waals surface area contributed by atoms with Gasteiger partial charge in [-0.05, 0) is 44.5 Å². The Bertz CT molecular complexity index is 639. The average Bonchev–Trinajstić information content (AvgIpc) is 2.93. The van der Waals surface area contributed by atoms with Crippen LogP contribution in [0.3, 0.4) is 0 Å². The molecule has 0 aromatic carbocycles. The molecular weight excluding hydrogens is 306 g/mol. The van der Waals surface area contributed by atoms with Crippen molar-refractivity contribution in [1.29, 1.82) is 0 Å². The van der Waals surface area contributed by atoms with Crippen LogP contribution in [0.5, 0.6) is 0 Å². The average molecular weight is 331 g/mol. The first-order valence-electron chi connectivity index (χ1n) is 8.15. The minimum absolute atomic E-state index is 0.419. The molecule has 0 bridgehead atoms. The number of rotatable bonds is 5. The van der Waals surface area contributed by atoms with Gasteiger partial charge in [0.05, 0.1) is 0 Å². The molecule has 5 nitrogen and oxygen atoms in total. The van der Waals surface area contributed by atoms with Crippen molar-refractivity contribution in [2.75, 3.05) is 37.4 Å². The highest BCUT2D eigenvalue weighted by Gasteiger charge is 2.21. The molecule has 0 amide bonds. The van der Waals surface area contributed by atoms with Gasteiger partial charge in [-0.15, -0.1) is 11.3 Å². The Kier molecular flexibility index (Phi) is 5.13. The van der Waals surface area contributed by atoms with Crippen molar-refractivity contribution in [3.8, 4) is 0 Å². The summed E-state index contributed by atoms with van der Waals surface area (Å²) in [7, 11) is 3.99. The zero-order chi connectivity index (χ0) is 16.2. The fourth-order valence-electron chi connectivity index (χ4n) is 2.96. The number of nitrogens with zero attached hydrogens (tertiary/aromatic N) is 4. The van der Waals surface area contributed by atoms with Gasteiger partial charge in [0.2, 0.25) is 5.95 Å². The van der Waals surface area contributed by atoms with Crippen LogP contribution >= 0.6 is 11.3 Å². The first-order chi connectivity index (χ1) is 11.1. The maximum absolute atomic E-state index is 4.57. The number of nitrogens with one attached hydrogen (secondary N) is 1. The number of thiophene rings is 1. The first kappa shape index (κ1) is 16.2. The first-order valence-corrected chi connectivity index (χ1v) is 8.96. The summed E-state index contributed by atoms with van der Waals surface area (Å²) in [5, 5.41) is 3.51. The van der Waals surface area contributed by atoms with Gasteiger partial charge in [0.15, 0.2) is 0 Å². The summed E-state index contributed by atoms with van der Waals surface area (Å²) in [5.74, 6) is 1.67. The molecule has 0 radical (unpaired) electrons. The molecule has 0 aliphatic carbocycles. The van der Waals surface area contributed by atoms with E-state index >= 15 is 0 Å². The van der Waals surface area contributed by atoms with Gasteiger partial charge in [-0.25, -0.2) is 4.98 Å². The molecule has 23 heavy (non-hydrogen) atoms. The monoisotopic (exact) mass is 331 g/mol. The second-order valence-electron chi connectivity index (χ2n) is 6.36. The van der Waals surface area contributed by atoms with Crippen LogP contribution in [0.4, 0.5) is 11.8 Å². The normalized spacial score (nSPS) is 18.8. The van der Waals surface area contributed by atoms with Crippen molar-refractivity contribution in [2.24, 2.45) is 0 Å². The van der Waals surface area contributed by atoms with Gasteiger partial charge in [-0.2, -0.15) is 4.98 Å². The van der Waals surface area contributed by atoms with E-state index in [9.17, 15) is 0 Å². The smallest absolute Gasteiger partial charge is 0.224 e. The predicted molar refractivity (Wildman–Crippen MR) is 97.3 cm³/mol. The highest BCUT2D eigenvalue weighted by Crippen LogP contribution is 2.21. The Balaban J connectivity index is 1.59. The van der Waals surface area contributed by atoms with Gasteiger partial charge >= 0.3 is 0 Å². The van der Waals surface area contributed by atoms with E-state index in [-0.39, 0.29) is 0 Å². The quantitative estimate of drug-likeness (QED) is 0.912. The van der Waals surface area contributed by atoms with Gasteiger partial charge in [0.1, 0.15) is 5.82 Å². The summed E-state index contributed by atoms with van der Waals surface area (Å²) in [4.78, 5) is 16.3. The van der Waals surface area contributed by atoms with Crippen molar-refractivity contribution in [2.45, 2.75) is 32.4 Å². The second kappa shape index (κ2) is 7.27. The number of hydrogen-bond acceptors (Lipinski definition) is 6. The third-order valence-electron chi connectivity index (χ3n) is 4.11. The van der Waals surface area contributed by atoms with Crippen molar-refractivity contribution >= 4 is 23.1 Å². The van der Waals surface area contributed by atoms with Crippen LogP contribution in [0.2, 0.25) is 0 Å². The Hall–Kier alpha value is -1.66. The third kappa shape index (κ3) is 4.42. The summed E-state index contributed by atoms with van der Waals surface area (Å²) >= 11 is 1.90. The minimum Gasteiger partial charge on any atom is -0.363 e. The number of aryl methyl sites for hydroxylation is 1. The Morgan fingerprint density at radius 3 is 2.96 bits per heavy atom. The molecule has 1 fully saturated rings. The molecule has 1 aliphatic rings. The molecule has 124 valence electrons. The lowest BCUT2D eigenvalue weighted by Crippen LogP contribution is -2.41. The van der Waals surface area contributed by atoms with Gasteiger partial charge < -0.3 is 10.2 Å². The van der Waals surface area contributed by atoms with E-state index < -0.39 is 0 Å². The molecule has 1 saturated heterocycles. The number of likely N-dealkylation sites (tertiary alicyclic amines) is 1. The van der Waals surface area contributed by atoms with Crippen LogP contribution in [0, 0.1) is 6.92 Å². The molecule has 1 unspecified atom stereocenters. The van der Waals surface area contributed by atoms with Crippen molar-refractivity contribution in [1.82, 2.24) is 14.9 Å². The summed E-state index contributed by atoms with van der Waals surface area (Å²) in [5.41, 5.74) is 0. The highest BCUT2D eigenvalue weighted by molar-refractivity contribution is 7.11. The lowest BCUT2D eigenvalue weighted by atomic mass is 10.1. The van der Waals surface area contributed by atoms with E-state index in [2.05, 4.69) is 39.2 Å². The number of hydrogen-bond donors (Lipinski definition) is 1. The molecule has 2 aromatic rings. The topological polar surface area (TPSA) is 44.3 Å². The Labute approximate surface area is 142 Å². The van der Waals surface area contributed by atoms with Crippen LogP contribution in [-0.4, -0.2) is 48.1 Å². The van der Waals surface area contributed by atoms with Crippen LogP contribution < -0.4 is 10.2 Å². The van der Waals surface area contributed by atoms with E-state index in [0.717, 1.165) is 24.9 Å². The summed E-state index contributed by atoms with van der Waals surface area (Å²) < 4.78 is 0. The van der Waals surface area contributed by atoms with Crippen LogP contribution in [0.1, 0.15) is 22.6 Å². The van der Waals surface area contributed by atoms with E-state index in [1.807, 2.05) is 42.6 Å². The fourth-order valence-corrected chi connectivity index (χ4v) is 3.89. The van der Waals surface area contributed by atoms with Crippen LogP contribution in [0.25, 0.3) is 0 Å². The van der Waals surface area contributed by atoms with E-state index in [1.54, 1.807) is 0 Å². The molecule has 1 atom stereocenters. The maximum atomic E-state index is 4.57. The van der Waals surface area contributed by atoms with Crippen molar-refractivity contribution < 1.29 is 0 Å². The summed E-state index contributed by atoms with van der Waals surface area (Å²) in [6.45, 7) is 5.44. The van der Waals surface area contributed by atoms with E-state index in [1.165, 1.54) is 29.1 Å². The lowest BCUT2D eigenvalue weighted by molar-refractivity contribution is 0.210. The van der Waals surface area contributed by atoms with Crippen LogP contribution in [-0.2, 0) is 6.54 Å². The largest absolute Gasteiger partial charge is 0.363 e. The molecule has 0 spiro atoms. The fraction of sp³-hybridized carbons (Fsp3) is 0.529. The number of aromatic nitrogens is 2. The molecule has 1 N–H and O–H groups in total. The van der Waals surface area contributed by atoms with Gasteiger partial charge in [0, 0.05) is 49.2 Å². The zero-order valence-corrected chi connectivity index (χ0v) is 14.9. The number of anilines is 2. The predicted octanol–water partition coefficient (Wildman–Crippen LogP) is 2.99. The second-order valence-corrected chi connectivity index (χ2v) is 7.74. The third-order valence-corrected chi connectivity index (χ3v) is 5.10. The van der Waals surface area contributed by atoms with E-state index in [0.29, 0.717) is 6.04 Å². The van der Waals surface area contributed by atoms with Gasteiger partial charge in [0.25, 0.3) is 0 Å². The molecule has 6 heteroatoms. The molecule has 3 heterocycles. The summed E-state index contributed by atoms with van der Waals surface area (Å²) in [6.07, 6.45) is 4.21.